The van der Waals surface area contributed by atoms with Gasteiger partial charge in [-0.25, -0.2) is 17.5 Å². The Hall–Kier alpha value is -1.18. The smallest absolute Gasteiger partial charge is 0.241 e. The van der Waals surface area contributed by atoms with Gasteiger partial charge < -0.3 is 10.5 Å². The molecule has 2 unspecified atom stereocenters. The Morgan fingerprint density at radius 3 is 2.70 bits per heavy atom. The van der Waals surface area contributed by atoms with E-state index < -0.39 is 21.4 Å². The number of hydrogen-bond donors (Lipinski definition) is 2. The highest BCUT2D eigenvalue weighted by Gasteiger charge is 2.41. The highest BCUT2D eigenvalue weighted by Crippen LogP contribution is 2.35. The van der Waals surface area contributed by atoms with Gasteiger partial charge in [0, 0.05) is 17.6 Å². The van der Waals surface area contributed by atoms with Crippen molar-refractivity contribution in [3.8, 4) is 5.75 Å². The minimum Gasteiger partial charge on any atom is -0.494 e. The molecule has 1 aromatic rings. The van der Waals surface area contributed by atoms with Gasteiger partial charge in [0.2, 0.25) is 10.0 Å². The van der Waals surface area contributed by atoms with Crippen molar-refractivity contribution in [2.75, 3.05) is 13.7 Å². The van der Waals surface area contributed by atoms with Crippen LogP contribution in [-0.2, 0) is 10.0 Å². The van der Waals surface area contributed by atoms with Crippen LogP contribution in [0.3, 0.4) is 0 Å². The minimum absolute atomic E-state index is 0.0287. The van der Waals surface area contributed by atoms with Crippen molar-refractivity contribution in [2.24, 2.45) is 11.7 Å². The van der Waals surface area contributed by atoms with Crippen LogP contribution in [0.4, 0.5) is 4.39 Å². The third-order valence-corrected chi connectivity index (χ3v) is 6.66. The van der Waals surface area contributed by atoms with Crippen LogP contribution in [0, 0.1) is 18.7 Å². The maximum absolute atomic E-state index is 14.2. The zero-order chi connectivity index (χ0) is 17.3. The second kappa shape index (κ2) is 6.75. The highest BCUT2D eigenvalue weighted by atomic mass is 32.2. The number of nitrogens with one attached hydrogen (secondary N) is 1. The first-order chi connectivity index (χ1) is 10.8. The standard InChI is InChI=1S/C16H25FN2O3S/c1-11-6-4-5-9-16(11,10-18)19-23(20,21)14-8-7-13(22-3)15(17)12(14)2/h7-8,11,19H,4-6,9-10,18H2,1-3H3. The van der Waals surface area contributed by atoms with E-state index in [2.05, 4.69) is 4.72 Å². The van der Waals surface area contributed by atoms with Crippen LogP contribution in [0.2, 0.25) is 0 Å². The predicted octanol–water partition coefficient (Wildman–Crippen LogP) is 2.33. The van der Waals surface area contributed by atoms with Crippen molar-refractivity contribution in [2.45, 2.75) is 50.0 Å². The molecule has 1 aliphatic carbocycles. The van der Waals surface area contributed by atoms with Gasteiger partial charge >= 0.3 is 0 Å². The Morgan fingerprint density at radius 2 is 2.13 bits per heavy atom. The van der Waals surface area contributed by atoms with E-state index in [0.717, 1.165) is 19.3 Å². The summed E-state index contributed by atoms with van der Waals surface area (Å²) in [6, 6.07) is 2.70. The van der Waals surface area contributed by atoms with Crippen LogP contribution in [-0.4, -0.2) is 27.6 Å². The van der Waals surface area contributed by atoms with Crippen LogP contribution in [0.25, 0.3) is 0 Å². The van der Waals surface area contributed by atoms with Crippen molar-refractivity contribution in [3.63, 3.8) is 0 Å². The lowest BCUT2D eigenvalue weighted by molar-refractivity contribution is 0.191. The maximum atomic E-state index is 14.2. The quantitative estimate of drug-likeness (QED) is 0.859. The Labute approximate surface area is 137 Å². The first-order valence-electron chi connectivity index (χ1n) is 7.84. The lowest BCUT2D eigenvalue weighted by Gasteiger charge is -2.42. The molecule has 7 heteroatoms. The van der Waals surface area contributed by atoms with Gasteiger partial charge in [0.1, 0.15) is 0 Å². The van der Waals surface area contributed by atoms with Crippen LogP contribution >= 0.6 is 0 Å². The van der Waals surface area contributed by atoms with Gasteiger partial charge in [0.05, 0.1) is 12.0 Å². The Kier molecular flexibility index (Phi) is 5.33. The average Bonchev–Trinajstić information content (AvgIpc) is 2.51. The summed E-state index contributed by atoms with van der Waals surface area (Å²) in [6.45, 7) is 3.67. The van der Waals surface area contributed by atoms with E-state index in [9.17, 15) is 12.8 Å². The second-order valence-electron chi connectivity index (χ2n) is 6.32. The van der Waals surface area contributed by atoms with Crippen molar-refractivity contribution >= 4 is 10.0 Å². The molecule has 0 radical (unpaired) electrons. The predicted molar refractivity (Wildman–Crippen MR) is 87.4 cm³/mol. The Bertz CT molecular complexity index is 678. The van der Waals surface area contributed by atoms with Crippen molar-refractivity contribution in [1.82, 2.24) is 4.72 Å². The van der Waals surface area contributed by atoms with E-state index in [4.69, 9.17) is 10.5 Å². The van der Waals surface area contributed by atoms with Gasteiger partial charge in [-0.15, -0.1) is 0 Å². The van der Waals surface area contributed by atoms with E-state index in [-0.39, 0.29) is 28.7 Å². The first-order valence-corrected chi connectivity index (χ1v) is 9.33. The van der Waals surface area contributed by atoms with E-state index in [0.29, 0.717) is 6.42 Å². The Morgan fingerprint density at radius 1 is 1.43 bits per heavy atom. The number of rotatable bonds is 5. The summed E-state index contributed by atoms with van der Waals surface area (Å²) in [5, 5.41) is 0. The molecule has 0 aromatic heterocycles. The molecule has 1 saturated carbocycles. The zero-order valence-electron chi connectivity index (χ0n) is 13.9. The van der Waals surface area contributed by atoms with E-state index in [1.54, 1.807) is 0 Å². The molecule has 1 aliphatic rings. The SMILES string of the molecule is COc1ccc(S(=O)(=O)NC2(CN)CCCCC2C)c(C)c1F. The van der Waals surface area contributed by atoms with E-state index in [1.807, 2.05) is 6.92 Å². The van der Waals surface area contributed by atoms with Gasteiger partial charge in [-0.05, 0) is 37.8 Å². The van der Waals surface area contributed by atoms with Gasteiger partial charge in [0.25, 0.3) is 0 Å². The summed E-state index contributed by atoms with van der Waals surface area (Å²) < 4.78 is 47.5. The van der Waals surface area contributed by atoms with Crippen LogP contribution in [0.15, 0.2) is 17.0 Å². The monoisotopic (exact) mass is 344 g/mol. The van der Waals surface area contributed by atoms with E-state index >= 15 is 0 Å². The van der Waals surface area contributed by atoms with Gasteiger partial charge in [-0.1, -0.05) is 19.8 Å². The van der Waals surface area contributed by atoms with Crippen LogP contribution in [0.1, 0.15) is 38.2 Å². The summed E-state index contributed by atoms with van der Waals surface area (Å²) in [4.78, 5) is -0.0681. The molecule has 0 bridgehead atoms. The molecule has 1 fully saturated rings. The fourth-order valence-corrected chi connectivity index (χ4v) is 5.10. The van der Waals surface area contributed by atoms with Crippen LogP contribution in [0.5, 0.6) is 5.75 Å². The topological polar surface area (TPSA) is 81.4 Å². The van der Waals surface area contributed by atoms with Gasteiger partial charge in [-0.2, -0.15) is 0 Å². The normalized spacial score (nSPS) is 25.3. The molecule has 0 saturated heterocycles. The number of methoxy groups -OCH3 is 1. The van der Waals surface area contributed by atoms with E-state index in [1.165, 1.54) is 26.2 Å². The summed E-state index contributed by atoms with van der Waals surface area (Å²) in [6.07, 6.45) is 3.62. The third-order valence-electron chi connectivity index (χ3n) is 4.97. The fraction of sp³-hybridized carbons (Fsp3) is 0.625. The minimum atomic E-state index is -3.87. The zero-order valence-corrected chi connectivity index (χ0v) is 14.7. The Balaban J connectivity index is 2.41. The average molecular weight is 344 g/mol. The molecule has 1 aromatic carbocycles. The maximum Gasteiger partial charge on any atom is 0.241 e. The molecule has 2 rings (SSSR count). The largest absolute Gasteiger partial charge is 0.494 e. The van der Waals surface area contributed by atoms with Gasteiger partial charge in [0.15, 0.2) is 11.6 Å². The van der Waals surface area contributed by atoms with Crippen molar-refractivity contribution in [1.29, 1.82) is 0 Å². The number of benzene rings is 1. The van der Waals surface area contributed by atoms with Crippen molar-refractivity contribution in [3.05, 3.63) is 23.5 Å². The molecule has 23 heavy (non-hydrogen) atoms. The molecule has 3 N–H and O–H groups in total. The number of hydrogen-bond acceptors (Lipinski definition) is 4. The van der Waals surface area contributed by atoms with Crippen molar-refractivity contribution < 1.29 is 17.5 Å². The molecule has 0 spiro atoms. The lowest BCUT2D eigenvalue weighted by Crippen LogP contribution is -2.59. The number of halogens is 1. The number of ether oxygens (including phenoxy) is 1. The fourth-order valence-electron chi connectivity index (χ4n) is 3.32. The lowest BCUT2D eigenvalue weighted by atomic mass is 9.74. The molecule has 0 heterocycles. The van der Waals surface area contributed by atoms with Gasteiger partial charge in [-0.3, -0.25) is 0 Å². The molecule has 0 amide bonds. The summed E-state index contributed by atoms with van der Waals surface area (Å²) >= 11 is 0. The summed E-state index contributed by atoms with van der Waals surface area (Å²) in [5.41, 5.74) is 5.29. The number of nitrogens with two attached hydrogens (primary N) is 1. The molecular weight excluding hydrogens is 319 g/mol. The summed E-state index contributed by atoms with van der Waals surface area (Å²) in [7, 11) is -2.52. The molecule has 130 valence electrons. The highest BCUT2D eigenvalue weighted by molar-refractivity contribution is 7.89. The molecule has 2 atom stereocenters. The number of sulfonamides is 1. The molecular formula is C16H25FN2O3S. The first kappa shape index (κ1) is 18.2. The molecule has 0 aliphatic heterocycles. The second-order valence-corrected chi connectivity index (χ2v) is 7.97. The van der Waals surface area contributed by atoms with Crippen LogP contribution < -0.4 is 15.2 Å². The molecule has 5 nitrogen and oxygen atoms in total. The third kappa shape index (κ3) is 3.36. The summed E-state index contributed by atoms with van der Waals surface area (Å²) in [5.74, 6) is -0.491.